The lowest BCUT2D eigenvalue weighted by Gasteiger charge is -2.24. The third-order valence-corrected chi connectivity index (χ3v) is 13.3. The van der Waals surface area contributed by atoms with E-state index in [-0.39, 0.29) is 50.1 Å². The molecule has 0 aromatic rings. The van der Waals surface area contributed by atoms with E-state index in [0.717, 1.165) is 38.5 Å². The summed E-state index contributed by atoms with van der Waals surface area (Å²) < 4.78 is 34.4. The number of ether oxygens (including phenoxy) is 2. The average Bonchev–Trinajstić information content (AvgIpc) is 3.52. The van der Waals surface area contributed by atoms with E-state index in [1.54, 1.807) is 12.2 Å². The van der Waals surface area contributed by atoms with Gasteiger partial charge in [-0.05, 0) is 32.1 Å². The van der Waals surface area contributed by atoms with Gasteiger partial charge in [0.1, 0.15) is 25.5 Å². The largest absolute Gasteiger partial charge is 0.472 e. The fourth-order valence-electron chi connectivity index (χ4n) is 8.17. The van der Waals surface area contributed by atoms with Crippen molar-refractivity contribution in [3.8, 4) is 0 Å². The fraction of sp³-hybridized carbons (Fsp3) is 0.865. The van der Waals surface area contributed by atoms with Crippen molar-refractivity contribution in [1.82, 2.24) is 0 Å². The average molecular weight is 943 g/mol. The van der Waals surface area contributed by atoms with Crippen LogP contribution in [0.15, 0.2) is 24.3 Å². The minimum atomic E-state index is -4.44. The number of unbranched alkanes of at least 4 members (excludes halogenated alkanes) is 23. The molecule has 65 heavy (non-hydrogen) atoms. The zero-order valence-corrected chi connectivity index (χ0v) is 42.8. The Hall–Kier alpha value is -1.92. The molecule has 0 aromatic heterocycles. The molecule has 0 amide bonds. The lowest BCUT2D eigenvalue weighted by atomic mass is 9.90. The van der Waals surface area contributed by atoms with Gasteiger partial charge in [0.2, 0.25) is 0 Å². The number of rotatable bonds is 44. The molecule has 0 radical (unpaired) electrons. The molecule has 0 bridgehead atoms. The lowest BCUT2D eigenvalue weighted by Crippen LogP contribution is -2.37. The standard InChI is InChI=1S/C52H96NO11P/c1-6-8-10-11-12-13-14-15-16-17-18-19-20-21-22-23-24-25-26-27-33-37-52(58)64-46(44-63-65(59,60)62-41-40-53(3,4)5)43-61-51(57)36-32-29-28-31-35-47-48(50(56)42-49(47)55)39-38-45(54)34-30-9-7-2/h28,31,38-39,45-48,50,54,56H,6-27,29-30,32-37,40-44H2,1-5H3/p+1/b31-28-,39-38+/t45-,46+,47+,48+,50+/m0/s1. The highest BCUT2D eigenvalue weighted by molar-refractivity contribution is 7.47. The van der Waals surface area contributed by atoms with E-state index in [0.29, 0.717) is 43.1 Å². The number of hydrogen-bond acceptors (Lipinski definition) is 10. The van der Waals surface area contributed by atoms with Gasteiger partial charge in [-0.3, -0.25) is 23.4 Å². The number of quaternary nitrogens is 1. The maximum absolute atomic E-state index is 12.8. The second kappa shape index (κ2) is 39.0. The summed E-state index contributed by atoms with van der Waals surface area (Å²) in [6.07, 6.45) is 37.3. The molecule has 0 saturated heterocycles. The molecule has 0 aromatic carbocycles. The molecule has 1 saturated carbocycles. The number of nitrogens with zero attached hydrogens (tertiary/aromatic N) is 1. The minimum absolute atomic E-state index is 0.00394. The second-order valence-electron chi connectivity index (χ2n) is 19.7. The molecule has 380 valence electrons. The van der Waals surface area contributed by atoms with E-state index in [9.17, 15) is 34.1 Å². The number of phosphoric ester groups is 1. The predicted molar refractivity (Wildman–Crippen MR) is 262 cm³/mol. The zero-order valence-electron chi connectivity index (χ0n) is 41.9. The van der Waals surface area contributed by atoms with Crippen LogP contribution in [0.4, 0.5) is 0 Å². The van der Waals surface area contributed by atoms with Crippen molar-refractivity contribution in [2.45, 2.75) is 231 Å². The van der Waals surface area contributed by atoms with E-state index in [4.69, 9.17) is 18.5 Å². The number of aliphatic hydroxyl groups is 2. The monoisotopic (exact) mass is 943 g/mol. The van der Waals surface area contributed by atoms with Crippen LogP contribution >= 0.6 is 7.82 Å². The Labute approximate surface area is 396 Å². The summed E-state index contributed by atoms with van der Waals surface area (Å²) in [4.78, 5) is 48.3. The van der Waals surface area contributed by atoms with Crippen molar-refractivity contribution in [3.05, 3.63) is 24.3 Å². The smallest absolute Gasteiger partial charge is 0.462 e. The number of Topliss-reactive ketones (excluding diaryl/α,β-unsaturated/α-hetero) is 1. The zero-order chi connectivity index (χ0) is 48.0. The Balaban J connectivity index is 2.38. The fourth-order valence-corrected chi connectivity index (χ4v) is 8.92. The number of aliphatic hydroxyl groups excluding tert-OH is 2. The predicted octanol–water partition coefficient (Wildman–Crippen LogP) is 12.1. The number of ketones is 1. The summed E-state index contributed by atoms with van der Waals surface area (Å²) in [5.74, 6) is -1.68. The molecule has 0 aliphatic heterocycles. The van der Waals surface area contributed by atoms with E-state index < -0.39 is 44.7 Å². The van der Waals surface area contributed by atoms with Crippen molar-refractivity contribution in [2.75, 3.05) is 47.5 Å². The highest BCUT2D eigenvalue weighted by Gasteiger charge is 2.39. The van der Waals surface area contributed by atoms with Crippen molar-refractivity contribution in [3.63, 3.8) is 0 Å². The normalized spacial score (nSPS) is 18.7. The van der Waals surface area contributed by atoms with Gasteiger partial charge in [0.15, 0.2) is 6.10 Å². The molecule has 0 heterocycles. The van der Waals surface area contributed by atoms with Crippen LogP contribution in [0.2, 0.25) is 0 Å². The molecular weight excluding hydrogens is 846 g/mol. The first-order chi connectivity index (χ1) is 31.2. The van der Waals surface area contributed by atoms with Gasteiger partial charge in [0.25, 0.3) is 0 Å². The molecule has 1 aliphatic rings. The van der Waals surface area contributed by atoms with Crippen molar-refractivity contribution < 1.29 is 57.1 Å². The highest BCUT2D eigenvalue weighted by Crippen LogP contribution is 2.43. The Kier molecular flexibility index (Phi) is 36.6. The number of phosphoric acid groups is 1. The van der Waals surface area contributed by atoms with Gasteiger partial charge in [0, 0.05) is 31.1 Å². The van der Waals surface area contributed by atoms with E-state index in [1.807, 2.05) is 33.3 Å². The molecule has 12 nitrogen and oxygen atoms in total. The molecule has 1 unspecified atom stereocenters. The van der Waals surface area contributed by atoms with Crippen molar-refractivity contribution in [1.29, 1.82) is 0 Å². The molecule has 1 rings (SSSR count). The maximum Gasteiger partial charge on any atom is 0.472 e. The molecule has 0 spiro atoms. The Morgan fingerprint density at radius 3 is 1.75 bits per heavy atom. The Bertz CT molecular complexity index is 1320. The molecule has 13 heteroatoms. The van der Waals surface area contributed by atoms with Crippen LogP contribution < -0.4 is 0 Å². The third kappa shape index (κ3) is 35.8. The summed E-state index contributed by atoms with van der Waals surface area (Å²) in [5, 5.41) is 20.7. The minimum Gasteiger partial charge on any atom is -0.462 e. The lowest BCUT2D eigenvalue weighted by molar-refractivity contribution is -0.870. The van der Waals surface area contributed by atoms with Gasteiger partial charge in [-0.25, -0.2) is 4.57 Å². The van der Waals surface area contributed by atoms with Crippen LogP contribution in [0, 0.1) is 11.8 Å². The van der Waals surface area contributed by atoms with Gasteiger partial charge in [-0.15, -0.1) is 0 Å². The summed E-state index contributed by atoms with van der Waals surface area (Å²) in [6.45, 7) is 4.05. The van der Waals surface area contributed by atoms with Crippen molar-refractivity contribution >= 4 is 25.5 Å². The number of likely N-dealkylation sites (N-methyl/N-ethyl adjacent to an activating group) is 1. The summed E-state index contributed by atoms with van der Waals surface area (Å²) in [5.41, 5.74) is 0. The van der Waals surface area contributed by atoms with Gasteiger partial charge >= 0.3 is 19.8 Å². The Morgan fingerprint density at radius 1 is 0.708 bits per heavy atom. The van der Waals surface area contributed by atoms with Crippen LogP contribution in [-0.4, -0.2) is 103 Å². The van der Waals surface area contributed by atoms with E-state index in [2.05, 4.69) is 13.8 Å². The highest BCUT2D eigenvalue weighted by atomic mass is 31.2. The van der Waals surface area contributed by atoms with E-state index in [1.165, 1.54) is 109 Å². The van der Waals surface area contributed by atoms with Crippen LogP contribution in [0.3, 0.4) is 0 Å². The van der Waals surface area contributed by atoms with Crippen LogP contribution in [0.1, 0.15) is 213 Å². The molecule has 1 aliphatic carbocycles. The molecule has 1 fully saturated rings. The van der Waals surface area contributed by atoms with Crippen LogP contribution in [-0.2, 0) is 37.5 Å². The van der Waals surface area contributed by atoms with Crippen molar-refractivity contribution in [2.24, 2.45) is 11.8 Å². The van der Waals surface area contributed by atoms with Crippen LogP contribution in [0.25, 0.3) is 0 Å². The first-order valence-corrected chi connectivity index (χ1v) is 27.7. The summed E-state index contributed by atoms with van der Waals surface area (Å²) in [7, 11) is 1.34. The maximum atomic E-state index is 12.8. The first-order valence-electron chi connectivity index (χ1n) is 26.2. The number of allylic oxidation sites excluding steroid dienone is 2. The quantitative estimate of drug-likeness (QED) is 0.0175. The summed E-state index contributed by atoms with van der Waals surface area (Å²) >= 11 is 0. The molecule has 6 atom stereocenters. The van der Waals surface area contributed by atoms with Gasteiger partial charge in [0.05, 0.1) is 40.0 Å². The molecular formula is C52H97NO11P+. The van der Waals surface area contributed by atoms with Gasteiger partial charge in [-0.1, -0.05) is 186 Å². The second-order valence-corrected chi connectivity index (χ2v) is 21.1. The number of carbonyl (C=O) groups excluding carboxylic acids is 3. The number of esters is 2. The topological polar surface area (TPSA) is 166 Å². The van der Waals surface area contributed by atoms with Crippen LogP contribution in [0.5, 0.6) is 0 Å². The first kappa shape index (κ1) is 61.1. The van der Waals surface area contributed by atoms with E-state index >= 15 is 0 Å². The third-order valence-electron chi connectivity index (χ3n) is 12.4. The number of hydrogen-bond donors (Lipinski definition) is 3. The summed E-state index contributed by atoms with van der Waals surface area (Å²) in [6, 6.07) is 0. The SMILES string of the molecule is CCCCCCCCCCCCCCCCCCCCCCCC(=O)O[C@H](COC(=O)CCC/C=C\C[C@H]1C(=O)C[C@@H](O)[C@@H]1/C=C/[C@@H](O)CCCCC)COP(=O)(O)OCC[N+](C)(C)C. The Morgan fingerprint density at radius 2 is 1.22 bits per heavy atom. The number of carbonyl (C=O) groups is 3. The van der Waals surface area contributed by atoms with Gasteiger partial charge < -0.3 is 29.1 Å². The van der Waals surface area contributed by atoms with Gasteiger partial charge in [-0.2, -0.15) is 0 Å². The molecule has 3 N–H and O–H groups in total.